The van der Waals surface area contributed by atoms with Gasteiger partial charge in [-0.15, -0.1) is 0 Å². The van der Waals surface area contributed by atoms with E-state index in [0.29, 0.717) is 23.5 Å². The van der Waals surface area contributed by atoms with Crippen molar-refractivity contribution in [2.24, 2.45) is 0 Å². The van der Waals surface area contributed by atoms with Crippen LogP contribution in [0.25, 0.3) is 5.82 Å². The van der Waals surface area contributed by atoms with Crippen LogP contribution in [0.5, 0.6) is 5.75 Å². The number of amides is 1. The minimum atomic E-state index is -1.13. The number of halogens is 2. The normalized spacial score (nSPS) is 10.7. The third-order valence-electron chi connectivity index (χ3n) is 3.60. The second-order valence-corrected chi connectivity index (χ2v) is 5.33. The van der Waals surface area contributed by atoms with E-state index in [1.54, 1.807) is 35.3 Å². The maximum absolute atomic E-state index is 13.7. The van der Waals surface area contributed by atoms with E-state index in [4.69, 9.17) is 0 Å². The van der Waals surface area contributed by atoms with Crippen LogP contribution in [0.1, 0.15) is 21.7 Å². The molecular weight excluding hydrogens is 330 g/mol. The minimum Gasteiger partial charge on any atom is -0.507 e. The molecule has 2 aromatic heterocycles. The first-order valence-corrected chi connectivity index (χ1v) is 7.37. The van der Waals surface area contributed by atoms with Gasteiger partial charge in [-0.25, -0.2) is 18.7 Å². The lowest BCUT2D eigenvalue weighted by Crippen LogP contribution is -2.24. The molecule has 0 fully saturated rings. The monoisotopic (exact) mass is 344 g/mol. The van der Waals surface area contributed by atoms with Crippen LogP contribution >= 0.6 is 0 Å². The smallest absolute Gasteiger partial charge is 0.258 e. The summed E-state index contributed by atoms with van der Waals surface area (Å²) in [6.07, 6.45) is 5.00. The number of rotatable bonds is 4. The van der Waals surface area contributed by atoms with Crippen molar-refractivity contribution in [3.8, 4) is 11.6 Å². The lowest BCUT2D eigenvalue weighted by Gasteiger charge is -2.09. The second kappa shape index (κ2) is 6.68. The van der Waals surface area contributed by atoms with Gasteiger partial charge in [-0.3, -0.25) is 9.36 Å². The van der Waals surface area contributed by atoms with Crippen molar-refractivity contribution < 1.29 is 18.7 Å². The average Bonchev–Trinajstić information content (AvgIpc) is 2.98. The Labute approximate surface area is 141 Å². The molecule has 0 bridgehead atoms. The molecule has 6 nitrogen and oxygen atoms in total. The molecule has 25 heavy (non-hydrogen) atoms. The molecule has 0 aliphatic heterocycles. The third-order valence-corrected chi connectivity index (χ3v) is 3.60. The van der Waals surface area contributed by atoms with Crippen LogP contribution in [0, 0.1) is 18.6 Å². The summed E-state index contributed by atoms with van der Waals surface area (Å²) in [7, 11) is 0. The number of aryl methyl sites for hydroxylation is 1. The zero-order chi connectivity index (χ0) is 18.0. The van der Waals surface area contributed by atoms with Gasteiger partial charge in [-0.1, -0.05) is 6.07 Å². The molecule has 3 aromatic rings. The zero-order valence-electron chi connectivity index (χ0n) is 13.2. The number of benzene rings is 1. The molecular formula is C17H14F2N4O2. The van der Waals surface area contributed by atoms with Crippen LogP contribution in [-0.2, 0) is 6.54 Å². The fourth-order valence-electron chi connectivity index (χ4n) is 2.34. The standard InChI is InChI=1S/C17H14F2N4O2/c1-10-20-4-5-23(10)15-3-2-11(8-21-15)9-22-17(25)16-13(19)6-12(18)7-14(16)24/h2-8,24H,9H2,1H3,(H,22,25). The topological polar surface area (TPSA) is 80.0 Å². The van der Waals surface area contributed by atoms with Gasteiger partial charge in [0.15, 0.2) is 0 Å². The number of carbonyl (C=O) groups excluding carboxylic acids is 1. The Morgan fingerprint density at radius 3 is 2.68 bits per heavy atom. The number of hydrogen-bond donors (Lipinski definition) is 2. The highest BCUT2D eigenvalue weighted by atomic mass is 19.1. The quantitative estimate of drug-likeness (QED) is 0.762. The third kappa shape index (κ3) is 3.47. The van der Waals surface area contributed by atoms with Gasteiger partial charge in [-0.05, 0) is 18.6 Å². The Kier molecular flexibility index (Phi) is 4.42. The van der Waals surface area contributed by atoms with E-state index in [2.05, 4.69) is 15.3 Å². The fourth-order valence-corrected chi connectivity index (χ4v) is 2.34. The van der Waals surface area contributed by atoms with Gasteiger partial charge in [0.05, 0.1) is 0 Å². The predicted octanol–water partition coefficient (Wildman–Crippen LogP) is 2.49. The number of nitrogens with zero attached hydrogens (tertiary/aromatic N) is 3. The van der Waals surface area contributed by atoms with E-state index in [-0.39, 0.29) is 6.54 Å². The maximum atomic E-state index is 13.7. The number of carbonyl (C=O) groups is 1. The molecule has 0 saturated carbocycles. The largest absolute Gasteiger partial charge is 0.507 e. The summed E-state index contributed by atoms with van der Waals surface area (Å²) in [5.41, 5.74) is 0.0805. The van der Waals surface area contributed by atoms with Crippen LogP contribution in [0.15, 0.2) is 42.9 Å². The minimum absolute atomic E-state index is 0.0747. The molecule has 0 aliphatic carbocycles. The first-order valence-electron chi connectivity index (χ1n) is 7.37. The van der Waals surface area contributed by atoms with E-state index in [1.165, 1.54) is 0 Å². The Bertz CT molecular complexity index is 900. The second-order valence-electron chi connectivity index (χ2n) is 5.33. The van der Waals surface area contributed by atoms with Gasteiger partial charge in [0, 0.05) is 37.3 Å². The van der Waals surface area contributed by atoms with Gasteiger partial charge in [0.1, 0.15) is 34.6 Å². The molecule has 0 spiro atoms. The first kappa shape index (κ1) is 16.6. The van der Waals surface area contributed by atoms with Crippen LogP contribution < -0.4 is 5.32 Å². The summed E-state index contributed by atoms with van der Waals surface area (Å²) in [6, 6.07) is 4.73. The lowest BCUT2D eigenvalue weighted by molar-refractivity contribution is 0.0944. The van der Waals surface area contributed by atoms with Crippen molar-refractivity contribution in [3.05, 3.63) is 71.4 Å². The number of phenols is 1. The number of aromatic nitrogens is 3. The highest BCUT2D eigenvalue weighted by Crippen LogP contribution is 2.22. The number of hydrogen-bond acceptors (Lipinski definition) is 4. The van der Waals surface area contributed by atoms with Gasteiger partial charge in [0.25, 0.3) is 5.91 Å². The van der Waals surface area contributed by atoms with Crippen molar-refractivity contribution in [2.45, 2.75) is 13.5 Å². The number of nitrogens with one attached hydrogen (secondary N) is 1. The molecule has 128 valence electrons. The Balaban J connectivity index is 1.70. The maximum Gasteiger partial charge on any atom is 0.258 e. The van der Waals surface area contributed by atoms with E-state index in [0.717, 1.165) is 5.82 Å². The number of phenolic OH excluding ortho intramolecular Hbond substituents is 1. The molecule has 0 aliphatic rings. The molecule has 0 saturated heterocycles. The number of pyridine rings is 1. The van der Waals surface area contributed by atoms with E-state index in [1.807, 2.05) is 6.92 Å². The number of imidazole rings is 1. The van der Waals surface area contributed by atoms with Crippen molar-refractivity contribution >= 4 is 5.91 Å². The summed E-state index contributed by atoms with van der Waals surface area (Å²) in [5, 5.41) is 12.0. The molecule has 3 rings (SSSR count). The predicted molar refractivity (Wildman–Crippen MR) is 85.3 cm³/mol. The van der Waals surface area contributed by atoms with Crippen LogP contribution in [0.4, 0.5) is 8.78 Å². The van der Waals surface area contributed by atoms with Crippen LogP contribution in [0.2, 0.25) is 0 Å². The molecule has 0 atom stereocenters. The van der Waals surface area contributed by atoms with Crippen molar-refractivity contribution in [2.75, 3.05) is 0 Å². The fraction of sp³-hybridized carbons (Fsp3) is 0.118. The zero-order valence-corrected chi connectivity index (χ0v) is 13.2. The average molecular weight is 344 g/mol. The SMILES string of the molecule is Cc1nccn1-c1ccc(CNC(=O)c2c(O)cc(F)cc2F)cn1. The lowest BCUT2D eigenvalue weighted by atomic mass is 10.1. The molecule has 2 heterocycles. The van der Waals surface area contributed by atoms with Gasteiger partial charge in [-0.2, -0.15) is 0 Å². The summed E-state index contributed by atoms with van der Waals surface area (Å²) >= 11 is 0. The Morgan fingerprint density at radius 1 is 1.28 bits per heavy atom. The van der Waals surface area contributed by atoms with E-state index in [9.17, 15) is 18.7 Å². The Morgan fingerprint density at radius 2 is 2.08 bits per heavy atom. The van der Waals surface area contributed by atoms with Gasteiger partial charge < -0.3 is 10.4 Å². The molecule has 8 heteroatoms. The molecule has 1 amide bonds. The summed E-state index contributed by atoms with van der Waals surface area (Å²) < 4.78 is 28.4. The number of aromatic hydroxyl groups is 1. The molecule has 1 aromatic carbocycles. The summed E-state index contributed by atoms with van der Waals surface area (Å²) in [5.74, 6) is -2.22. The van der Waals surface area contributed by atoms with Crippen LogP contribution in [-0.4, -0.2) is 25.5 Å². The molecule has 2 N–H and O–H groups in total. The summed E-state index contributed by atoms with van der Waals surface area (Å²) in [6.45, 7) is 1.92. The highest BCUT2D eigenvalue weighted by Gasteiger charge is 2.18. The van der Waals surface area contributed by atoms with Crippen molar-refractivity contribution in [3.63, 3.8) is 0 Å². The van der Waals surface area contributed by atoms with Gasteiger partial charge in [0.2, 0.25) is 0 Å². The summed E-state index contributed by atoms with van der Waals surface area (Å²) in [4.78, 5) is 20.4. The molecule has 0 unspecified atom stereocenters. The van der Waals surface area contributed by atoms with E-state index >= 15 is 0 Å². The highest BCUT2D eigenvalue weighted by molar-refractivity contribution is 5.97. The first-order chi connectivity index (χ1) is 12.0. The van der Waals surface area contributed by atoms with E-state index < -0.39 is 28.9 Å². The van der Waals surface area contributed by atoms with Gasteiger partial charge >= 0.3 is 0 Å². The van der Waals surface area contributed by atoms with Crippen LogP contribution in [0.3, 0.4) is 0 Å². The van der Waals surface area contributed by atoms with Crippen molar-refractivity contribution in [1.29, 1.82) is 0 Å². The van der Waals surface area contributed by atoms with Crippen molar-refractivity contribution in [1.82, 2.24) is 19.9 Å². The Hall–Kier alpha value is -3.29. The molecule has 0 radical (unpaired) electrons.